The second-order valence-corrected chi connectivity index (χ2v) is 7.88. The van der Waals surface area contributed by atoms with E-state index in [2.05, 4.69) is 47.4 Å². The van der Waals surface area contributed by atoms with Crippen molar-refractivity contribution in [1.82, 2.24) is 40.4 Å². The first-order valence-electron chi connectivity index (χ1n) is 11.8. The highest BCUT2D eigenvalue weighted by atomic mass is 15.1. The van der Waals surface area contributed by atoms with Crippen molar-refractivity contribution in [2.75, 3.05) is 6.54 Å². The Balaban J connectivity index is 0.000000219. The third-order valence-electron chi connectivity index (χ3n) is 4.50. The van der Waals surface area contributed by atoms with Gasteiger partial charge in [0.05, 0.1) is 11.4 Å². The minimum atomic E-state index is 0.786. The van der Waals surface area contributed by atoms with Crippen LogP contribution in [0.2, 0.25) is 0 Å². The SMILES string of the molecule is CC1CCCCN1.Cc1ccccn1.Cc1cccnn1.Cc1ccncn1.Cc1cnccn1. The van der Waals surface area contributed by atoms with Gasteiger partial charge in [0.1, 0.15) is 6.33 Å². The van der Waals surface area contributed by atoms with Crippen molar-refractivity contribution < 1.29 is 0 Å². The van der Waals surface area contributed by atoms with E-state index in [1.165, 1.54) is 32.1 Å². The van der Waals surface area contributed by atoms with Crippen LogP contribution in [0.5, 0.6) is 0 Å². The van der Waals surface area contributed by atoms with Crippen LogP contribution >= 0.6 is 0 Å². The number of aryl methyl sites for hydroxylation is 4. The maximum Gasteiger partial charge on any atom is 0.115 e. The molecular weight excluding hydrogens is 436 g/mol. The molecule has 0 aromatic carbocycles. The van der Waals surface area contributed by atoms with Gasteiger partial charge in [0.15, 0.2) is 0 Å². The second kappa shape index (κ2) is 19.8. The number of rotatable bonds is 0. The third-order valence-corrected chi connectivity index (χ3v) is 4.50. The Bertz CT molecular complexity index is 815. The van der Waals surface area contributed by atoms with Crippen LogP contribution in [0.4, 0.5) is 0 Å². The van der Waals surface area contributed by atoms with Crippen LogP contribution in [0, 0.1) is 27.7 Å². The zero-order chi connectivity index (χ0) is 25.6. The largest absolute Gasteiger partial charge is 0.314 e. The van der Waals surface area contributed by atoms with E-state index in [9.17, 15) is 0 Å². The minimum Gasteiger partial charge on any atom is -0.314 e. The topological polar surface area (TPSA) is 102 Å². The Kier molecular flexibility index (Phi) is 16.6. The van der Waals surface area contributed by atoms with Crippen LogP contribution in [0.3, 0.4) is 0 Å². The first-order chi connectivity index (χ1) is 17.0. The summed E-state index contributed by atoms with van der Waals surface area (Å²) in [5.74, 6) is 0. The number of nitrogens with one attached hydrogen (secondary N) is 1. The van der Waals surface area contributed by atoms with Gasteiger partial charge in [0, 0.05) is 54.6 Å². The van der Waals surface area contributed by atoms with Gasteiger partial charge in [-0.05, 0) is 84.3 Å². The molecule has 5 heterocycles. The lowest BCUT2D eigenvalue weighted by atomic mass is 10.1. The molecule has 0 bridgehead atoms. The summed E-state index contributed by atoms with van der Waals surface area (Å²) in [7, 11) is 0. The number of nitrogens with zero attached hydrogens (tertiary/aromatic N) is 7. The van der Waals surface area contributed by atoms with Crippen LogP contribution < -0.4 is 5.32 Å². The summed E-state index contributed by atoms with van der Waals surface area (Å²) in [5.41, 5.74) is 4.00. The Labute approximate surface area is 209 Å². The molecule has 1 saturated heterocycles. The van der Waals surface area contributed by atoms with Gasteiger partial charge < -0.3 is 5.32 Å². The summed E-state index contributed by atoms with van der Waals surface area (Å²) in [4.78, 5) is 19.3. The third kappa shape index (κ3) is 18.5. The van der Waals surface area contributed by atoms with Gasteiger partial charge >= 0.3 is 0 Å². The van der Waals surface area contributed by atoms with Gasteiger partial charge in [-0.2, -0.15) is 10.2 Å². The van der Waals surface area contributed by atoms with Crippen molar-refractivity contribution in [3.05, 3.63) is 103 Å². The van der Waals surface area contributed by atoms with Crippen LogP contribution in [-0.2, 0) is 0 Å². The van der Waals surface area contributed by atoms with Gasteiger partial charge in [-0.25, -0.2) is 9.97 Å². The van der Waals surface area contributed by atoms with E-state index < -0.39 is 0 Å². The summed E-state index contributed by atoms with van der Waals surface area (Å²) in [6.07, 6.45) is 15.9. The number of hydrogen-bond donors (Lipinski definition) is 1. The van der Waals surface area contributed by atoms with Crippen molar-refractivity contribution in [2.24, 2.45) is 0 Å². The molecular formula is C27H38N8. The van der Waals surface area contributed by atoms with Crippen LogP contribution in [0.15, 0.2) is 79.9 Å². The molecule has 0 saturated carbocycles. The number of hydrogen-bond acceptors (Lipinski definition) is 8. The van der Waals surface area contributed by atoms with E-state index in [0.29, 0.717) is 0 Å². The monoisotopic (exact) mass is 474 g/mol. The number of piperidine rings is 1. The predicted molar refractivity (Wildman–Crippen MR) is 141 cm³/mol. The van der Waals surface area contributed by atoms with Crippen LogP contribution in [-0.4, -0.2) is 47.7 Å². The molecule has 1 N–H and O–H groups in total. The van der Waals surface area contributed by atoms with E-state index in [4.69, 9.17) is 0 Å². The first-order valence-corrected chi connectivity index (χ1v) is 11.8. The average Bonchev–Trinajstić information content (AvgIpc) is 2.88. The van der Waals surface area contributed by atoms with E-state index in [0.717, 1.165) is 28.8 Å². The molecule has 0 amide bonds. The minimum absolute atomic E-state index is 0.786. The lowest BCUT2D eigenvalue weighted by Gasteiger charge is -2.18. The smallest absolute Gasteiger partial charge is 0.115 e. The van der Waals surface area contributed by atoms with E-state index in [1.807, 2.05) is 64.1 Å². The highest BCUT2D eigenvalue weighted by Gasteiger charge is 2.04. The average molecular weight is 475 g/mol. The van der Waals surface area contributed by atoms with Crippen LogP contribution in [0.25, 0.3) is 0 Å². The van der Waals surface area contributed by atoms with Gasteiger partial charge in [-0.15, -0.1) is 0 Å². The molecule has 0 aliphatic carbocycles. The number of aromatic nitrogens is 7. The van der Waals surface area contributed by atoms with E-state index in [-0.39, 0.29) is 0 Å². The normalized spacial score (nSPS) is 13.6. The highest BCUT2D eigenvalue weighted by Crippen LogP contribution is 2.04. The molecule has 0 radical (unpaired) electrons. The van der Waals surface area contributed by atoms with Crippen molar-refractivity contribution in [3.63, 3.8) is 0 Å². The molecule has 8 heteroatoms. The maximum absolute atomic E-state index is 3.98. The maximum atomic E-state index is 3.98. The quantitative estimate of drug-likeness (QED) is 0.384. The lowest BCUT2D eigenvalue weighted by molar-refractivity contribution is 0.425. The summed E-state index contributed by atoms with van der Waals surface area (Å²) < 4.78 is 0. The van der Waals surface area contributed by atoms with E-state index in [1.54, 1.807) is 37.2 Å². The highest BCUT2D eigenvalue weighted by molar-refractivity contribution is 5.00. The Morgan fingerprint density at radius 1 is 0.686 bits per heavy atom. The molecule has 0 spiro atoms. The van der Waals surface area contributed by atoms with Crippen molar-refractivity contribution >= 4 is 0 Å². The van der Waals surface area contributed by atoms with Gasteiger partial charge in [0.25, 0.3) is 0 Å². The molecule has 4 aromatic heterocycles. The molecule has 35 heavy (non-hydrogen) atoms. The Hall–Kier alpha value is -3.65. The fourth-order valence-electron chi connectivity index (χ4n) is 2.58. The number of pyridine rings is 1. The molecule has 1 atom stereocenters. The van der Waals surface area contributed by atoms with Gasteiger partial charge in [-0.1, -0.05) is 12.5 Å². The van der Waals surface area contributed by atoms with Crippen molar-refractivity contribution in [2.45, 2.75) is 59.9 Å². The molecule has 1 aliphatic rings. The molecule has 8 nitrogen and oxygen atoms in total. The summed E-state index contributed by atoms with van der Waals surface area (Å²) in [5, 5.41) is 10.7. The van der Waals surface area contributed by atoms with Crippen molar-refractivity contribution in [1.29, 1.82) is 0 Å². The fraction of sp³-hybridized carbons (Fsp3) is 0.370. The molecule has 1 fully saturated rings. The second-order valence-electron chi connectivity index (χ2n) is 7.88. The summed E-state index contributed by atoms with van der Waals surface area (Å²) in [6, 6.07) is 12.3. The summed E-state index contributed by atoms with van der Waals surface area (Å²) in [6.45, 7) is 11.2. The summed E-state index contributed by atoms with van der Waals surface area (Å²) >= 11 is 0. The Morgan fingerprint density at radius 3 is 1.74 bits per heavy atom. The standard InChI is InChI=1S/C6H13N.C6H7N.3C5H6N2/c2*1-6-4-2-3-5-7-6;1-5-4-6-2-3-7-5;1-5-2-3-6-4-7-5;1-5-3-2-4-6-7-5/h6-7H,2-5H2,1H3;2-5H,1H3;3*2-4H,1H3. The molecule has 4 aromatic rings. The van der Waals surface area contributed by atoms with Gasteiger partial charge in [0.2, 0.25) is 0 Å². The van der Waals surface area contributed by atoms with Crippen molar-refractivity contribution in [3.8, 4) is 0 Å². The Morgan fingerprint density at radius 2 is 1.46 bits per heavy atom. The first kappa shape index (κ1) is 29.4. The van der Waals surface area contributed by atoms with Crippen LogP contribution in [0.1, 0.15) is 49.0 Å². The molecule has 5 rings (SSSR count). The predicted octanol–water partition coefficient (Wildman–Crippen LogP) is 4.89. The zero-order valence-electron chi connectivity index (χ0n) is 21.5. The lowest BCUT2D eigenvalue weighted by Crippen LogP contribution is -2.30. The molecule has 1 aliphatic heterocycles. The zero-order valence-corrected chi connectivity index (χ0v) is 21.5. The fourth-order valence-corrected chi connectivity index (χ4v) is 2.58. The van der Waals surface area contributed by atoms with Gasteiger partial charge in [-0.3, -0.25) is 15.0 Å². The van der Waals surface area contributed by atoms with E-state index >= 15 is 0 Å². The molecule has 1 unspecified atom stereocenters. The molecule has 186 valence electrons.